The molecule has 2 aromatic heterocycles. The number of carbonyl (C=O) groups excluding carboxylic acids is 1. The van der Waals surface area contributed by atoms with Crippen molar-refractivity contribution < 1.29 is 4.79 Å². The maximum Gasteiger partial charge on any atom is 0.254 e. The van der Waals surface area contributed by atoms with E-state index in [0.29, 0.717) is 30.4 Å². The number of hydrogen-bond donors (Lipinski definition) is 1. The van der Waals surface area contributed by atoms with Gasteiger partial charge in [0.15, 0.2) is 0 Å². The summed E-state index contributed by atoms with van der Waals surface area (Å²) < 4.78 is 3.32. The van der Waals surface area contributed by atoms with E-state index in [4.69, 9.17) is 0 Å². The second-order valence-electron chi connectivity index (χ2n) is 6.66. The zero-order valence-electron chi connectivity index (χ0n) is 14.9. The zero-order valence-corrected chi connectivity index (χ0v) is 14.9. The highest BCUT2D eigenvalue weighted by Gasteiger charge is 2.19. The summed E-state index contributed by atoms with van der Waals surface area (Å²) in [7, 11) is 1.76. The Bertz CT molecular complexity index is 823. The van der Waals surface area contributed by atoms with Crippen molar-refractivity contribution >= 4 is 5.91 Å². The van der Waals surface area contributed by atoms with Crippen LogP contribution in [-0.2, 0) is 26.7 Å². The first-order valence-electron chi connectivity index (χ1n) is 8.54. The van der Waals surface area contributed by atoms with Crippen molar-refractivity contribution in [2.45, 2.75) is 45.9 Å². The first kappa shape index (κ1) is 17.3. The number of rotatable bonds is 4. The van der Waals surface area contributed by atoms with Crippen LogP contribution in [0.4, 0.5) is 0 Å². The van der Waals surface area contributed by atoms with Gasteiger partial charge >= 0.3 is 0 Å². The van der Waals surface area contributed by atoms with Crippen molar-refractivity contribution in [3.63, 3.8) is 0 Å². The number of nitrogens with zero attached hydrogens (tertiary/aromatic N) is 5. The van der Waals surface area contributed by atoms with Gasteiger partial charge in [-0.25, -0.2) is 4.98 Å². The van der Waals surface area contributed by atoms with Gasteiger partial charge in [-0.05, 0) is 20.3 Å². The molecule has 8 heteroatoms. The minimum absolute atomic E-state index is 0.0544. The Labute approximate surface area is 146 Å². The van der Waals surface area contributed by atoms with Crippen molar-refractivity contribution in [1.29, 1.82) is 0 Å². The van der Waals surface area contributed by atoms with Gasteiger partial charge in [-0.2, -0.15) is 5.10 Å². The summed E-state index contributed by atoms with van der Waals surface area (Å²) in [5.41, 5.74) is 1.01. The molecule has 0 atom stereocenters. The Hall–Kier alpha value is -2.48. The van der Waals surface area contributed by atoms with Crippen molar-refractivity contribution in [3.8, 4) is 0 Å². The van der Waals surface area contributed by atoms with Crippen LogP contribution in [0.2, 0.25) is 0 Å². The lowest BCUT2D eigenvalue weighted by molar-refractivity contribution is 0.0950. The lowest BCUT2D eigenvalue weighted by Crippen LogP contribution is -2.32. The molecule has 134 valence electrons. The summed E-state index contributed by atoms with van der Waals surface area (Å²) in [4.78, 5) is 31.5. The standard InChI is InChI=1S/C17H24N6O2/c1-12(2)22-5-4-6-23-15(11-22)20-14(7-16(23)24)9-18-17(25)13-8-19-21(3)10-13/h7-8,10,12H,4-6,9,11H2,1-3H3,(H,18,25). The van der Waals surface area contributed by atoms with Crippen LogP contribution < -0.4 is 10.9 Å². The van der Waals surface area contributed by atoms with Crippen LogP contribution in [0.5, 0.6) is 0 Å². The highest BCUT2D eigenvalue weighted by atomic mass is 16.1. The molecule has 1 aliphatic rings. The molecule has 2 aromatic rings. The molecule has 0 aromatic carbocycles. The first-order valence-corrected chi connectivity index (χ1v) is 8.54. The van der Waals surface area contributed by atoms with Crippen molar-refractivity contribution in [2.75, 3.05) is 6.54 Å². The highest BCUT2D eigenvalue weighted by molar-refractivity contribution is 5.93. The number of carbonyl (C=O) groups is 1. The molecule has 1 N–H and O–H groups in total. The van der Waals surface area contributed by atoms with Gasteiger partial charge in [-0.1, -0.05) is 0 Å². The van der Waals surface area contributed by atoms with Gasteiger partial charge in [0.2, 0.25) is 0 Å². The fourth-order valence-electron chi connectivity index (χ4n) is 3.00. The average molecular weight is 344 g/mol. The van der Waals surface area contributed by atoms with Crippen LogP contribution >= 0.6 is 0 Å². The summed E-state index contributed by atoms with van der Waals surface area (Å²) >= 11 is 0. The molecule has 0 unspecified atom stereocenters. The Balaban J connectivity index is 1.76. The van der Waals surface area contributed by atoms with Crippen LogP contribution in [0.3, 0.4) is 0 Å². The SMILES string of the molecule is CC(C)N1CCCn2c(nc(CNC(=O)c3cnn(C)c3)cc2=O)C1. The number of hydrogen-bond acceptors (Lipinski definition) is 5. The maximum atomic E-state index is 12.4. The maximum absolute atomic E-state index is 12.4. The van der Waals surface area contributed by atoms with Gasteiger partial charge in [-0.3, -0.25) is 23.7 Å². The average Bonchev–Trinajstić information content (AvgIpc) is 2.87. The summed E-state index contributed by atoms with van der Waals surface area (Å²) in [6.07, 6.45) is 4.09. The van der Waals surface area contributed by atoms with Gasteiger partial charge in [0.05, 0.1) is 30.5 Å². The summed E-state index contributed by atoms with van der Waals surface area (Å²) in [5.74, 6) is 0.540. The molecule has 8 nitrogen and oxygen atoms in total. The molecular formula is C17H24N6O2. The van der Waals surface area contributed by atoms with Crippen LogP contribution in [0.25, 0.3) is 0 Å². The lowest BCUT2D eigenvalue weighted by atomic mass is 10.3. The molecule has 0 spiro atoms. The van der Waals surface area contributed by atoms with Gasteiger partial charge in [-0.15, -0.1) is 0 Å². The van der Waals surface area contributed by atoms with E-state index < -0.39 is 0 Å². The Morgan fingerprint density at radius 2 is 2.16 bits per heavy atom. The Morgan fingerprint density at radius 1 is 1.36 bits per heavy atom. The van der Waals surface area contributed by atoms with Gasteiger partial charge in [0, 0.05) is 38.4 Å². The Kier molecular flexibility index (Phi) is 4.98. The molecule has 1 amide bonds. The van der Waals surface area contributed by atoms with Crippen LogP contribution in [0.15, 0.2) is 23.3 Å². The van der Waals surface area contributed by atoms with Crippen molar-refractivity contribution in [3.05, 3.63) is 45.9 Å². The third-order valence-corrected chi connectivity index (χ3v) is 4.44. The number of aryl methyl sites for hydroxylation is 1. The minimum atomic E-state index is -0.228. The second-order valence-corrected chi connectivity index (χ2v) is 6.66. The number of aromatic nitrogens is 4. The number of fused-ring (bicyclic) bond motifs is 1. The topological polar surface area (TPSA) is 85.1 Å². The molecule has 0 bridgehead atoms. The quantitative estimate of drug-likeness (QED) is 0.874. The molecule has 0 aliphatic carbocycles. The lowest BCUT2D eigenvalue weighted by Gasteiger charge is -2.23. The predicted molar refractivity (Wildman–Crippen MR) is 93.0 cm³/mol. The molecule has 0 saturated heterocycles. The van der Waals surface area contributed by atoms with E-state index in [0.717, 1.165) is 18.8 Å². The van der Waals surface area contributed by atoms with Gasteiger partial charge in [0.1, 0.15) is 5.82 Å². The fourth-order valence-corrected chi connectivity index (χ4v) is 3.00. The largest absolute Gasteiger partial charge is 0.346 e. The van der Waals surface area contributed by atoms with E-state index >= 15 is 0 Å². The monoisotopic (exact) mass is 344 g/mol. The Morgan fingerprint density at radius 3 is 2.84 bits per heavy atom. The molecule has 0 fully saturated rings. The van der Waals surface area contributed by atoms with E-state index in [1.165, 1.54) is 12.3 Å². The van der Waals surface area contributed by atoms with E-state index in [1.807, 2.05) is 0 Å². The van der Waals surface area contributed by atoms with Crippen molar-refractivity contribution in [1.82, 2.24) is 29.5 Å². The van der Waals surface area contributed by atoms with Crippen LogP contribution in [0.1, 0.15) is 42.1 Å². The van der Waals surface area contributed by atoms with E-state index in [1.54, 1.807) is 22.5 Å². The molecule has 0 radical (unpaired) electrons. The molecule has 0 saturated carbocycles. The minimum Gasteiger partial charge on any atom is -0.346 e. The third kappa shape index (κ3) is 3.96. The summed E-state index contributed by atoms with van der Waals surface area (Å²) in [5, 5.41) is 6.78. The smallest absolute Gasteiger partial charge is 0.254 e. The molecule has 3 rings (SSSR count). The molecular weight excluding hydrogens is 320 g/mol. The summed E-state index contributed by atoms with van der Waals surface area (Å²) in [6, 6.07) is 1.91. The second kappa shape index (κ2) is 7.18. The molecule has 3 heterocycles. The number of amides is 1. The van der Waals surface area contributed by atoms with Crippen LogP contribution in [-0.4, -0.2) is 42.7 Å². The zero-order chi connectivity index (χ0) is 18.0. The molecule has 1 aliphatic heterocycles. The normalized spacial score (nSPS) is 15.0. The first-order chi connectivity index (χ1) is 11.9. The predicted octanol–water partition coefficient (Wildman–Crippen LogP) is 0.521. The number of nitrogens with one attached hydrogen (secondary N) is 1. The van der Waals surface area contributed by atoms with E-state index in [9.17, 15) is 9.59 Å². The fraction of sp³-hybridized carbons (Fsp3) is 0.529. The highest BCUT2D eigenvalue weighted by Crippen LogP contribution is 2.12. The molecule has 25 heavy (non-hydrogen) atoms. The summed E-state index contributed by atoms with van der Waals surface area (Å²) in [6.45, 7) is 6.80. The van der Waals surface area contributed by atoms with E-state index in [-0.39, 0.29) is 18.0 Å². The van der Waals surface area contributed by atoms with Gasteiger partial charge < -0.3 is 5.32 Å². The van der Waals surface area contributed by atoms with Crippen molar-refractivity contribution in [2.24, 2.45) is 7.05 Å². The van der Waals surface area contributed by atoms with Crippen LogP contribution in [0, 0.1) is 0 Å². The third-order valence-electron chi connectivity index (χ3n) is 4.44. The van der Waals surface area contributed by atoms with E-state index in [2.05, 4.69) is 34.1 Å². The van der Waals surface area contributed by atoms with Gasteiger partial charge in [0.25, 0.3) is 11.5 Å².